The zero-order valence-corrected chi connectivity index (χ0v) is 16.5. The predicted molar refractivity (Wildman–Crippen MR) is 109 cm³/mol. The molecule has 1 amide bonds. The smallest absolute Gasteiger partial charge is 0.249 e. The topological polar surface area (TPSA) is 105 Å². The molecule has 7 nitrogen and oxygen atoms in total. The number of rotatable bonds is 4. The zero-order chi connectivity index (χ0) is 20.8. The molecule has 1 aliphatic rings. The quantitative estimate of drug-likeness (QED) is 0.656. The number of hydrogen-bond donors (Lipinski definition) is 2. The molecular formula is C19H16ClFN4O3S. The fourth-order valence-electron chi connectivity index (χ4n) is 3.42. The Balaban J connectivity index is 1.64. The van der Waals surface area contributed by atoms with E-state index in [1.165, 1.54) is 35.4 Å². The van der Waals surface area contributed by atoms with Gasteiger partial charge in [-0.3, -0.25) is 9.78 Å². The highest BCUT2D eigenvalue weighted by Crippen LogP contribution is 2.31. The molecular weight excluding hydrogens is 419 g/mol. The van der Waals surface area contributed by atoms with Crippen molar-refractivity contribution < 1.29 is 17.6 Å². The van der Waals surface area contributed by atoms with Crippen LogP contribution in [0.2, 0.25) is 5.02 Å². The van der Waals surface area contributed by atoms with Crippen molar-refractivity contribution in [2.45, 2.75) is 17.4 Å². The number of carbonyl (C=O) groups is 1. The summed E-state index contributed by atoms with van der Waals surface area (Å²) < 4.78 is 37.4. The maximum atomic E-state index is 13.8. The van der Waals surface area contributed by atoms with Crippen molar-refractivity contribution in [1.82, 2.24) is 4.98 Å². The lowest BCUT2D eigenvalue weighted by molar-refractivity contribution is -0.117. The van der Waals surface area contributed by atoms with E-state index in [1.54, 1.807) is 18.2 Å². The third-order valence-electron chi connectivity index (χ3n) is 4.79. The van der Waals surface area contributed by atoms with E-state index in [2.05, 4.69) is 10.3 Å². The summed E-state index contributed by atoms with van der Waals surface area (Å²) in [5.41, 5.74) is 1.33. The molecule has 1 aliphatic heterocycles. The standard InChI is InChI=1S/C19H16ClFN4O3S/c20-13-4-3-11(10-14(13)21)25-9-7-16(19(25)26)24-15-5-6-17(29(22,27)28)12-2-1-8-23-18(12)15/h1-6,8,10,16,24H,7,9H2,(H2,22,27,28). The van der Waals surface area contributed by atoms with Crippen LogP contribution < -0.4 is 15.4 Å². The summed E-state index contributed by atoms with van der Waals surface area (Å²) in [5.74, 6) is -0.825. The number of primary sulfonamides is 1. The maximum absolute atomic E-state index is 13.8. The van der Waals surface area contributed by atoms with Crippen molar-refractivity contribution in [3.63, 3.8) is 0 Å². The minimum absolute atomic E-state index is 0.0115. The van der Waals surface area contributed by atoms with Crippen LogP contribution in [0.4, 0.5) is 15.8 Å². The molecule has 1 unspecified atom stereocenters. The molecule has 1 aromatic heterocycles. The summed E-state index contributed by atoms with van der Waals surface area (Å²) in [7, 11) is -3.93. The van der Waals surface area contributed by atoms with Gasteiger partial charge in [0.2, 0.25) is 15.9 Å². The first-order valence-electron chi connectivity index (χ1n) is 8.69. The summed E-state index contributed by atoms with van der Waals surface area (Å²) in [6, 6.07) is 9.78. The van der Waals surface area contributed by atoms with Crippen molar-refractivity contribution >= 4 is 49.8 Å². The fourth-order valence-corrected chi connectivity index (χ4v) is 4.27. The molecule has 3 N–H and O–H groups in total. The summed E-state index contributed by atoms with van der Waals surface area (Å²) in [5, 5.41) is 8.77. The Morgan fingerprint density at radius 1 is 1.24 bits per heavy atom. The minimum Gasteiger partial charge on any atom is -0.372 e. The fraction of sp³-hybridized carbons (Fsp3) is 0.158. The first-order valence-corrected chi connectivity index (χ1v) is 10.6. The molecule has 1 fully saturated rings. The molecule has 150 valence electrons. The van der Waals surface area contributed by atoms with E-state index < -0.39 is 21.9 Å². The van der Waals surface area contributed by atoms with E-state index in [1.807, 2.05) is 0 Å². The van der Waals surface area contributed by atoms with E-state index in [0.717, 1.165) is 0 Å². The Hall–Kier alpha value is -2.75. The van der Waals surface area contributed by atoms with Gasteiger partial charge in [-0.15, -0.1) is 0 Å². The lowest BCUT2D eigenvalue weighted by Crippen LogP contribution is -2.33. The Labute approximate surface area is 171 Å². The average Bonchev–Trinajstić information content (AvgIpc) is 3.04. The monoisotopic (exact) mass is 434 g/mol. The van der Waals surface area contributed by atoms with Gasteiger partial charge in [-0.25, -0.2) is 17.9 Å². The lowest BCUT2D eigenvalue weighted by Gasteiger charge is -2.19. The van der Waals surface area contributed by atoms with Crippen LogP contribution in [0.15, 0.2) is 53.6 Å². The van der Waals surface area contributed by atoms with Gasteiger partial charge in [-0.1, -0.05) is 11.6 Å². The van der Waals surface area contributed by atoms with E-state index in [4.69, 9.17) is 16.7 Å². The third-order valence-corrected chi connectivity index (χ3v) is 6.06. The first kappa shape index (κ1) is 19.6. The first-order chi connectivity index (χ1) is 13.8. The second kappa shape index (κ2) is 7.25. The third kappa shape index (κ3) is 3.64. The van der Waals surface area contributed by atoms with Crippen molar-refractivity contribution in [3.8, 4) is 0 Å². The molecule has 1 saturated heterocycles. The Kier molecular flexibility index (Phi) is 4.89. The van der Waals surface area contributed by atoms with Gasteiger partial charge in [0.05, 0.1) is 21.1 Å². The van der Waals surface area contributed by atoms with Crippen LogP contribution in [-0.2, 0) is 14.8 Å². The highest BCUT2D eigenvalue weighted by Gasteiger charge is 2.33. The van der Waals surface area contributed by atoms with Crippen molar-refractivity contribution in [3.05, 3.63) is 59.5 Å². The highest BCUT2D eigenvalue weighted by atomic mass is 35.5. The number of nitrogens with zero attached hydrogens (tertiary/aromatic N) is 2. The van der Waals surface area contributed by atoms with Gasteiger partial charge in [-0.2, -0.15) is 0 Å². The summed E-state index contributed by atoms with van der Waals surface area (Å²) in [6.45, 7) is 0.401. The number of hydrogen-bond acceptors (Lipinski definition) is 5. The Morgan fingerprint density at radius 3 is 2.76 bits per heavy atom. The highest BCUT2D eigenvalue weighted by molar-refractivity contribution is 7.89. The number of amides is 1. The molecule has 10 heteroatoms. The van der Waals surface area contributed by atoms with Gasteiger partial charge in [0.15, 0.2) is 0 Å². The van der Waals surface area contributed by atoms with Crippen LogP contribution in [0.3, 0.4) is 0 Å². The molecule has 4 rings (SSSR count). The molecule has 0 saturated carbocycles. The number of carbonyl (C=O) groups excluding carboxylic acids is 1. The van der Waals surface area contributed by atoms with Crippen LogP contribution in [0.25, 0.3) is 10.9 Å². The second-order valence-electron chi connectivity index (χ2n) is 6.63. The SMILES string of the molecule is NS(=O)(=O)c1ccc(NC2CCN(c3ccc(Cl)c(F)c3)C2=O)c2ncccc12. The second-order valence-corrected chi connectivity index (χ2v) is 8.57. The van der Waals surface area contributed by atoms with E-state index in [0.29, 0.717) is 35.2 Å². The zero-order valence-electron chi connectivity index (χ0n) is 15.0. The predicted octanol–water partition coefficient (Wildman–Crippen LogP) is 2.89. The van der Waals surface area contributed by atoms with Crippen LogP contribution in [-0.4, -0.2) is 31.9 Å². The van der Waals surface area contributed by atoms with E-state index in [9.17, 15) is 17.6 Å². The van der Waals surface area contributed by atoms with Gasteiger partial charge in [-0.05, 0) is 48.9 Å². The average molecular weight is 435 g/mol. The summed E-state index contributed by atoms with van der Waals surface area (Å²) in [4.78, 5) is 18.5. The van der Waals surface area contributed by atoms with Crippen molar-refractivity contribution in [1.29, 1.82) is 0 Å². The summed E-state index contributed by atoms with van der Waals surface area (Å²) in [6.07, 6.45) is 2.01. The summed E-state index contributed by atoms with van der Waals surface area (Å²) >= 11 is 5.71. The van der Waals surface area contributed by atoms with Gasteiger partial charge in [0.1, 0.15) is 11.9 Å². The molecule has 0 aliphatic carbocycles. The number of halogens is 2. The number of pyridine rings is 1. The minimum atomic E-state index is -3.93. The van der Waals surface area contributed by atoms with Crippen LogP contribution >= 0.6 is 11.6 Å². The molecule has 3 aromatic rings. The number of fused-ring (bicyclic) bond motifs is 1. The Bertz CT molecular complexity index is 1240. The molecule has 2 aromatic carbocycles. The van der Waals surface area contributed by atoms with Crippen LogP contribution in [0, 0.1) is 5.82 Å². The van der Waals surface area contributed by atoms with Gasteiger partial charge in [0, 0.05) is 23.8 Å². The molecule has 1 atom stereocenters. The molecule has 0 spiro atoms. The van der Waals surface area contributed by atoms with E-state index >= 15 is 0 Å². The van der Waals surface area contributed by atoms with E-state index in [-0.39, 0.29) is 15.8 Å². The normalized spacial score (nSPS) is 17.1. The van der Waals surface area contributed by atoms with Crippen LogP contribution in [0.1, 0.15) is 6.42 Å². The van der Waals surface area contributed by atoms with Gasteiger partial charge in [0.25, 0.3) is 0 Å². The number of aromatic nitrogens is 1. The van der Waals surface area contributed by atoms with Gasteiger partial charge >= 0.3 is 0 Å². The Morgan fingerprint density at radius 2 is 2.03 bits per heavy atom. The largest absolute Gasteiger partial charge is 0.372 e. The number of benzene rings is 2. The maximum Gasteiger partial charge on any atom is 0.249 e. The number of anilines is 2. The molecule has 0 radical (unpaired) electrons. The van der Waals surface area contributed by atoms with Gasteiger partial charge < -0.3 is 10.2 Å². The molecule has 0 bridgehead atoms. The number of nitrogens with one attached hydrogen (secondary N) is 1. The number of nitrogens with two attached hydrogens (primary N) is 1. The molecule has 2 heterocycles. The van der Waals surface area contributed by atoms with Crippen molar-refractivity contribution in [2.24, 2.45) is 5.14 Å². The van der Waals surface area contributed by atoms with Crippen molar-refractivity contribution in [2.75, 3.05) is 16.8 Å². The lowest BCUT2D eigenvalue weighted by atomic mass is 10.1. The van der Waals surface area contributed by atoms with Crippen LogP contribution in [0.5, 0.6) is 0 Å². The molecule has 29 heavy (non-hydrogen) atoms. The number of sulfonamides is 1.